The standard InChI is InChI=1S/C16H22N4OS/c1-13-12-22-16(18-13)19-17-11-14-6-4-7-15(10-14)21-9-5-8-20(2)3/h4,6-7,10-12H,5,8-9H2,1-3H3,(H,18,19). The Morgan fingerprint density at radius 2 is 2.27 bits per heavy atom. The van der Waals surface area contributed by atoms with Gasteiger partial charge in [-0.3, -0.25) is 5.43 Å². The van der Waals surface area contributed by atoms with Crippen molar-refractivity contribution < 1.29 is 4.74 Å². The van der Waals surface area contributed by atoms with E-state index in [1.807, 2.05) is 36.6 Å². The van der Waals surface area contributed by atoms with E-state index >= 15 is 0 Å². The van der Waals surface area contributed by atoms with E-state index in [1.165, 1.54) is 11.3 Å². The minimum absolute atomic E-state index is 0.718. The summed E-state index contributed by atoms with van der Waals surface area (Å²) in [7, 11) is 4.13. The van der Waals surface area contributed by atoms with Crippen LogP contribution in [-0.2, 0) is 0 Å². The largest absolute Gasteiger partial charge is 0.494 e. The molecule has 22 heavy (non-hydrogen) atoms. The highest BCUT2D eigenvalue weighted by Crippen LogP contribution is 2.15. The molecule has 6 heteroatoms. The van der Waals surface area contributed by atoms with E-state index in [4.69, 9.17) is 4.74 Å². The van der Waals surface area contributed by atoms with Crippen molar-refractivity contribution in [2.75, 3.05) is 32.7 Å². The van der Waals surface area contributed by atoms with Crippen LogP contribution in [0.3, 0.4) is 0 Å². The van der Waals surface area contributed by atoms with Crippen LogP contribution in [0.5, 0.6) is 5.75 Å². The monoisotopic (exact) mass is 318 g/mol. The van der Waals surface area contributed by atoms with E-state index in [-0.39, 0.29) is 0 Å². The number of benzene rings is 1. The molecule has 1 aromatic carbocycles. The molecular formula is C16H22N4OS. The Hall–Kier alpha value is -1.92. The van der Waals surface area contributed by atoms with Crippen LogP contribution < -0.4 is 10.2 Å². The van der Waals surface area contributed by atoms with E-state index in [2.05, 4.69) is 34.5 Å². The highest BCUT2D eigenvalue weighted by atomic mass is 32.1. The number of ether oxygens (including phenoxy) is 1. The number of thiazole rings is 1. The van der Waals surface area contributed by atoms with Gasteiger partial charge in [-0.1, -0.05) is 12.1 Å². The minimum Gasteiger partial charge on any atom is -0.494 e. The fraction of sp³-hybridized carbons (Fsp3) is 0.375. The second kappa shape index (κ2) is 8.51. The molecule has 0 bridgehead atoms. The van der Waals surface area contributed by atoms with Gasteiger partial charge >= 0.3 is 0 Å². The molecule has 0 saturated carbocycles. The highest BCUT2D eigenvalue weighted by molar-refractivity contribution is 7.13. The van der Waals surface area contributed by atoms with E-state index in [0.29, 0.717) is 0 Å². The van der Waals surface area contributed by atoms with Crippen LogP contribution in [0, 0.1) is 6.92 Å². The first-order valence-electron chi connectivity index (χ1n) is 7.22. The molecule has 5 nitrogen and oxygen atoms in total. The summed E-state index contributed by atoms with van der Waals surface area (Å²) in [5.41, 5.74) is 4.92. The lowest BCUT2D eigenvalue weighted by Crippen LogP contribution is -2.15. The molecule has 2 aromatic rings. The van der Waals surface area contributed by atoms with Crippen LogP contribution in [0.2, 0.25) is 0 Å². The Kier molecular flexibility index (Phi) is 6.36. The van der Waals surface area contributed by atoms with Crippen molar-refractivity contribution in [2.24, 2.45) is 5.10 Å². The van der Waals surface area contributed by atoms with Crippen molar-refractivity contribution in [3.05, 3.63) is 40.9 Å². The average molecular weight is 318 g/mol. The fourth-order valence-corrected chi connectivity index (χ4v) is 2.46. The van der Waals surface area contributed by atoms with Gasteiger partial charge in [0.1, 0.15) is 5.75 Å². The highest BCUT2D eigenvalue weighted by Gasteiger charge is 1.97. The van der Waals surface area contributed by atoms with Crippen LogP contribution >= 0.6 is 11.3 Å². The molecule has 118 valence electrons. The number of anilines is 1. The lowest BCUT2D eigenvalue weighted by atomic mass is 10.2. The third-order valence-corrected chi connectivity index (χ3v) is 3.73. The quantitative estimate of drug-likeness (QED) is 0.461. The lowest BCUT2D eigenvalue weighted by molar-refractivity contribution is 0.281. The summed E-state index contributed by atoms with van der Waals surface area (Å²) in [5, 5.41) is 6.98. The molecule has 0 aliphatic heterocycles. The molecule has 0 amide bonds. The predicted molar refractivity (Wildman–Crippen MR) is 93.2 cm³/mol. The number of aromatic nitrogens is 1. The SMILES string of the molecule is Cc1csc(NN=Cc2cccc(OCCCN(C)C)c2)n1. The van der Waals surface area contributed by atoms with Gasteiger partial charge in [0.15, 0.2) is 0 Å². The first-order chi connectivity index (χ1) is 10.6. The van der Waals surface area contributed by atoms with Crippen LogP contribution in [-0.4, -0.2) is 43.3 Å². The maximum absolute atomic E-state index is 5.75. The zero-order chi connectivity index (χ0) is 15.8. The van der Waals surface area contributed by atoms with E-state index in [1.54, 1.807) is 6.21 Å². The van der Waals surface area contributed by atoms with Gasteiger partial charge in [-0.15, -0.1) is 11.3 Å². The first-order valence-corrected chi connectivity index (χ1v) is 8.10. The summed E-state index contributed by atoms with van der Waals surface area (Å²) >= 11 is 1.54. The van der Waals surface area contributed by atoms with Crippen molar-refractivity contribution >= 4 is 22.7 Å². The maximum Gasteiger partial charge on any atom is 0.203 e. The van der Waals surface area contributed by atoms with E-state index in [0.717, 1.165) is 41.7 Å². The Labute approximate surface area is 135 Å². The van der Waals surface area contributed by atoms with Crippen LogP contribution in [0.4, 0.5) is 5.13 Å². The normalized spacial score (nSPS) is 11.3. The summed E-state index contributed by atoms with van der Waals surface area (Å²) in [6, 6.07) is 7.90. The molecule has 0 aliphatic carbocycles. The zero-order valence-electron chi connectivity index (χ0n) is 13.2. The van der Waals surface area contributed by atoms with Gasteiger partial charge in [-0.05, 0) is 45.1 Å². The molecule has 0 radical (unpaired) electrons. The maximum atomic E-state index is 5.75. The molecule has 2 rings (SSSR count). The third kappa shape index (κ3) is 5.83. The summed E-state index contributed by atoms with van der Waals surface area (Å²) in [6.45, 7) is 3.70. The smallest absolute Gasteiger partial charge is 0.203 e. The Morgan fingerprint density at radius 1 is 1.41 bits per heavy atom. The number of hydrogen-bond acceptors (Lipinski definition) is 6. The van der Waals surface area contributed by atoms with Gasteiger partial charge in [-0.2, -0.15) is 5.10 Å². The number of nitrogens with one attached hydrogen (secondary N) is 1. The van der Waals surface area contributed by atoms with Crippen molar-refractivity contribution in [1.82, 2.24) is 9.88 Å². The number of nitrogens with zero attached hydrogens (tertiary/aromatic N) is 3. The summed E-state index contributed by atoms with van der Waals surface area (Å²) in [4.78, 5) is 6.44. The summed E-state index contributed by atoms with van der Waals surface area (Å²) in [5.74, 6) is 0.868. The predicted octanol–water partition coefficient (Wildman–Crippen LogP) is 3.23. The summed E-state index contributed by atoms with van der Waals surface area (Å²) < 4.78 is 5.75. The fourth-order valence-electron chi connectivity index (χ4n) is 1.82. The van der Waals surface area contributed by atoms with Crippen LogP contribution in [0.1, 0.15) is 17.7 Å². The molecule has 0 atom stereocenters. The number of hydrazone groups is 1. The number of rotatable bonds is 8. The lowest BCUT2D eigenvalue weighted by Gasteiger charge is -2.10. The van der Waals surface area contributed by atoms with Gasteiger partial charge in [0.25, 0.3) is 0 Å². The molecule has 0 fully saturated rings. The summed E-state index contributed by atoms with van der Waals surface area (Å²) in [6.07, 6.45) is 2.78. The molecular weight excluding hydrogens is 296 g/mol. The van der Waals surface area contributed by atoms with Crippen LogP contribution in [0.25, 0.3) is 0 Å². The molecule has 1 aromatic heterocycles. The number of aryl methyl sites for hydroxylation is 1. The molecule has 0 saturated heterocycles. The second-order valence-electron chi connectivity index (χ2n) is 5.24. The Balaban J connectivity index is 1.82. The number of hydrogen-bond donors (Lipinski definition) is 1. The Morgan fingerprint density at radius 3 is 3.00 bits per heavy atom. The van der Waals surface area contributed by atoms with Crippen LogP contribution in [0.15, 0.2) is 34.7 Å². The average Bonchev–Trinajstić information content (AvgIpc) is 2.90. The van der Waals surface area contributed by atoms with Gasteiger partial charge in [0.05, 0.1) is 18.5 Å². The van der Waals surface area contributed by atoms with Crippen molar-refractivity contribution in [3.8, 4) is 5.75 Å². The topological polar surface area (TPSA) is 49.8 Å². The molecule has 1 N–H and O–H groups in total. The zero-order valence-corrected chi connectivity index (χ0v) is 14.1. The molecule has 1 heterocycles. The molecule has 0 unspecified atom stereocenters. The van der Waals surface area contributed by atoms with E-state index in [9.17, 15) is 0 Å². The first kappa shape index (κ1) is 16.5. The van der Waals surface area contributed by atoms with Crippen molar-refractivity contribution in [3.63, 3.8) is 0 Å². The van der Waals surface area contributed by atoms with Gasteiger partial charge < -0.3 is 9.64 Å². The minimum atomic E-state index is 0.718. The molecule has 0 spiro atoms. The third-order valence-electron chi connectivity index (χ3n) is 2.87. The van der Waals surface area contributed by atoms with Gasteiger partial charge in [-0.25, -0.2) is 4.98 Å². The van der Waals surface area contributed by atoms with Crippen molar-refractivity contribution in [2.45, 2.75) is 13.3 Å². The van der Waals surface area contributed by atoms with Crippen molar-refractivity contribution in [1.29, 1.82) is 0 Å². The van der Waals surface area contributed by atoms with Gasteiger partial charge in [0, 0.05) is 11.9 Å². The second-order valence-corrected chi connectivity index (χ2v) is 6.10. The molecule has 0 aliphatic rings. The van der Waals surface area contributed by atoms with E-state index < -0.39 is 0 Å². The van der Waals surface area contributed by atoms with Gasteiger partial charge in [0.2, 0.25) is 5.13 Å². The Bertz CT molecular complexity index is 610.